The van der Waals surface area contributed by atoms with Gasteiger partial charge in [-0.3, -0.25) is 9.52 Å². The number of thiazole rings is 1. The minimum absolute atomic E-state index is 0.225. The highest BCUT2D eigenvalue weighted by Gasteiger charge is 2.18. The van der Waals surface area contributed by atoms with Crippen molar-refractivity contribution in [3.05, 3.63) is 59.7 Å². The summed E-state index contributed by atoms with van der Waals surface area (Å²) in [4.78, 5) is 14.9. The van der Waals surface area contributed by atoms with Crippen LogP contribution in [0.3, 0.4) is 0 Å². The van der Waals surface area contributed by atoms with Crippen molar-refractivity contribution in [1.29, 1.82) is 0 Å². The molecule has 0 aliphatic carbocycles. The first-order chi connectivity index (χ1) is 12.3. The van der Waals surface area contributed by atoms with Crippen LogP contribution in [0.5, 0.6) is 0 Å². The third-order valence-electron chi connectivity index (χ3n) is 3.32. The highest BCUT2D eigenvalue weighted by atomic mass is 32.2. The zero-order chi connectivity index (χ0) is 18.7. The number of carbonyl (C=O) groups excluding carboxylic acids is 1. The SMILES string of the molecule is CC(=O)Nc1nc(-c2cccc(NS(=O)(=O)c3ccccc3F)c2)cs1. The van der Waals surface area contributed by atoms with Gasteiger partial charge in [0.15, 0.2) is 5.13 Å². The molecule has 2 aromatic carbocycles. The van der Waals surface area contributed by atoms with Gasteiger partial charge in [0.25, 0.3) is 10.0 Å². The van der Waals surface area contributed by atoms with Gasteiger partial charge in [-0.1, -0.05) is 24.3 Å². The molecule has 0 atom stereocenters. The second kappa shape index (κ2) is 7.22. The third kappa shape index (κ3) is 4.06. The lowest BCUT2D eigenvalue weighted by Gasteiger charge is -2.09. The van der Waals surface area contributed by atoms with E-state index in [-0.39, 0.29) is 11.6 Å². The van der Waals surface area contributed by atoms with E-state index in [9.17, 15) is 17.6 Å². The normalized spacial score (nSPS) is 11.2. The van der Waals surface area contributed by atoms with Crippen molar-refractivity contribution in [1.82, 2.24) is 4.98 Å². The Bertz CT molecular complexity index is 1060. The van der Waals surface area contributed by atoms with E-state index < -0.39 is 20.7 Å². The topological polar surface area (TPSA) is 88.2 Å². The van der Waals surface area contributed by atoms with E-state index in [0.29, 0.717) is 16.4 Å². The maximum absolute atomic E-state index is 13.8. The second-order valence-corrected chi connectivity index (χ2v) is 7.84. The molecule has 26 heavy (non-hydrogen) atoms. The fourth-order valence-electron chi connectivity index (χ4n) is 2.23. The van der Waals surface area contributed by atoms with Crippen LogP contribution in [0, 0.1) is 5.82 Å². The van der Waals surface area contributed by atoms with Gasteiger partial charge in [-0.05, 0) is 24.3 Å². The predicted octanol–water partition coefficient (Wildman–Crippen LogP) is 3.71. The van der Waals surface area contributed by atoms with E-state index in [1.807, 2.05) is 0 Å². The highest BCUT2D eigenvalue weighted by Crippen LogP contribution is 2.28. The van der Waals surface area contributed by atoms with E-state index in [0.717, 1.165) is 6.07 Å². The minimum atomic E-state index is -4.05. The molecule has 0 saturated heterocycles. The van der Waals surface area contributed by atoms with E-state index in [1.54, 1.807) is 29.6 Å². The van der Waals surface area contributed by atoms with Gasteiger partial charge in [-0.25, -0.2) is 17.8 Å². The number of nitrogens with zero attached hydrogens (tertiary/aromatic N) is 1. The summed E-state index contributed by atoms with van der Waals surface area (Å²) in [5, 5.41) is 4.79. The monoisotopic (exact) mass is 391 g/mol. The molecule has 1 amide bonds. The van der Waals surface area contributed by atoms with Crippen LogP contribution in [0.25, 0.3) is 11.3 Å². The van der Waals surface area contributed by atoms with Crippen LogP contribution < -0.4 is 10.0 Å². The molecule has 1 aromatic heterocycles. The predicted molar refractivity (Wildman–Crippen MR) is 99.1 cm³/mol. The van der Waals surface area contributed by atoms with Crippen LogP contribution in [0.2, 0.25) is 0 Å². The number of sulfonamides is 1. The number of hydrogen-bond acceptors (Lipinski definition) is 5. The average Bonchev–Trinajstić information content (AvgIpc) is 3.02. The molecule has 0 spiro atoms. The van der Waals surface area contributed by atoms with Crippen molar-refractivity contribution in [3.8, 4) is 11.3 Å². The van der Waals surface area contributed by atoms with Crippen LogP contribution >= 0.6 is 11.3 Å². The lowest BCUT2D eigenvalue weighted by Crippen LogP contribution is -2.14. The quantitative estimate of drug-likeness (QED) is 0.694. The van der Waals surface area contributed by atoms with Crippen molar-refractivity contribution in [3.63, 3.8) is 0 Å². The summed E-state index contributed by atoms with van der Waals surface area (Å²) in [6, 6.07) is 11.7. The minimum Gasteiger partial charge on any atom is -0.302 e. The standard InChI is InChI=1S/C17H14FN3O3S2/c1-11(22)19-17-20-15(10-25-17)12-5-4-6-13(9-12)21-26(23,24)16-8-3-2-7-14(16)18/h2-10,21H,1H3,(H,19,20,22). The molecule has 6 nitrogen and oxygen atoms in total. The number of aromatic nitrogens is 1. The molecule has 3 aromatic rings. The van der Waals surface area contributed by atoms with Crippen molar-refractivity contribution >= 4 is 38.1 Å². The fraction of sp³-hybridized carbons (Fsp3) is 0.0588. The van der Waals surface area contributed by atoms with Gasteiger partial charge >= 0.3 is 0 Å². The number of anilines is 2. The first-order valence-electron chi connectivity index (χ1n) is 7.46. The number of halogens is 1. The smallest absolute Gasteiger partial charge is 0.264 e. The Labute approximate surface area is 153 Å². The number of amides is 1. The van der Waals surface area contributed by atoms with Crippen molar-refractivity contribution in [2.24, 2.45) is 0 Å². The molecular weight excluding hydrogens is 377 g/mol. The van der Waals surface area contributed by atoms with Gasteiger partial charge in [-0.2, -0.15) is 0 Å². The van der Waals surface area contributed by atoms with Gasteiger partial charge in [-0.15, -0.1) is 11.3 Å². The maximum atomic E-state index is 13.8. The molecule has 0 radical (unpaired) electrons. The average molecular weight is 391 g/mol. The molecule has 134 valence electrons. The van der Waals surface area contributed by atoms with Crippen LogP contribution in [-0.2, 0) is 14.8 Å². The molecule has 0 unspecified atom stereocenters. The van der Waals surface area contributed by atoms with Crippen LogP contribution in [0.1, 0.15) is 6.92 Å². The first-order valence-corrected chi connectivity index (χ1v) is 9.82. The summed E-state index contributed by atoms with van der Waals surface area (Å²) in [5.74, 6) is -1.05. The number of hydrogen-bond donors (Lipinski definition) is 2. The summed E-state index contributed by atoms with van der Waals surface area (Å²) in [7, 11) is -4.05. The Kier molecular flexibility index (Phi) is 5.01. The van der Waals surface area contributed by atoms with E-state index in [2.05, 4.69) is 15.0 Å². The van der Waals surface area contributed by atoms with Gasteiger partial charge < -0.3 is 5.32 Å². The Morgan fingerprint density at radius 2 is 1.92 bits per heavy atom. The Morgan fingerprint density at radius 3 is 2.65 bits per heavy atom. The number of benzene rings is 2. The Balaban J connectivity index is 1.87. The molecule has 0 aliphatic heterocycles. The largest absolute Gasteiger partial charge is 0.302 e. The Morgan fingerprint density at radius 1 is 1.15 bits per heavy atom. The van der Waals surface area contributed by atoms with Crippen LogP contribution in [0.15, 0.2) is 58.8 Å². The Hall–Kier alpha value is -2.78. The van der Waals surface area contributed by atoms with Gasteiger partial charge in [0.05, 0.1) is 5.69 Å². The second-order valence-electron chi connectivity index (χ2n) is 5.34. The molecular formula is C17H14FN3O3S2. The van der Waals surface area contributed by atoms with E-state index in [1.165, 1.54) is 36.5 Å². The van der Waals surface area contributed by atoms with E-state index in [4.69, 9.17) is 0 Å². The third-order valence-corrected chi connectivity index (χ3v) is 5.50. The van der Waals surface area contributed by atoms with E-state index >= 15 is 0 Å². The number of carbonyl (C=O) groups is 1. The summed E-state index contributed by atoms with van der Waals surface area (Å²) in [5.41, 5.74) is 1.53. The molecule has 3 rings (SSSR count). The molecule has 0 saturated carbocycles. The van der Waals surface area contributed by atoms with Crippen molar-refractivity contribution in [2.75, 3.05) is 10.0 Å². The number of nitrogens with one attached hydrogen (secondary N) is 2. The lowest BCUT2D eigenvalue weighted by atomic mass is 10.1. The highest BCUT2D eigenvalue weighted by molar-refractivity contribution is 7.92. The van der Waals surface area contributed by atoms with Gasteiger partial charge in [0.2, 0.25) is 5.91 Å². The molecule has 1 heterocycles. The molecule has 9 heteroatoms. The summed E-state index contributed by atoms with van der Waals surface area (Å²) < 4.78 is 40.9. The first kappa shape index (κ1) is 18.0. The lowest BCUT2D eigenvalue weighted by molar-refractivity contribution is -0.114. The molecule has 0 fully saturated rings. The van der Waals surface area contributed by atoms with Crippen LogP contribution in [-0.4, -0.2) is 19.3 Å². The van der Waals surface area contributed by atoms with Gasteiger partial charge in [0.1, 0.15) is 10.7 Å². The maximum Gasteiger partial charge on any atom is 0.264 e. The zero-order valence-corrected chi connectivity index (χ0v) is 15.2. The number of rotatable bonds is 5. The van der Waals surface area contributed by atoms with Gasteiger partial charge in [0, 0.05) is 23.6 Å². The zero-order valence-electron chi connectivity index (χ0n) is 13.6. The molecule has 0 aliphatic rings. The summed E-state index contributed by atoms with van der Waals surface area (Å²) in [6.45, 7) is 1.39. The van der Waals surface area contributed by atoms with Crippen molar-refractivity contribution in [2.45, 2.75) is 11.8 Å². The van der Waals surface area contributed by atoms with Crippen LogP contribution in [0.4, 0.5) is 15.2 Å². The fourth-order valence-corrected chi connectivity index (χ4v) is 4.12. The van der Waals surface area contributed by atoms with Crippen molar-refractivity contribution < 1.29 is 17.6 Å². The molecule has 2 N–H and O–H groups in total. The summed E-state index contributed by atoms with van der Waals surface area (Å²) >= 11 is 1.26. The summed E-state index contributed by atoms with van der Waals surface area (Å²) in [6.07, 6.45) is 0. The molecule has 0 bridgehead atoms.